The van der Waals surface area contributed by atoms with Gasteiger partial charge in [-0.15, -0.1) is 0 Å². The van der Waals surface area contributed by atoms with E-state index in [0.717, 1.165) is 24.8 Å². The molecule has 2 atom stereocenters. The number of carboxylic acid groups (broad SMARTS) is 1. The molecule has 2 unspecified atom stereocenters. The second-order valence-corrected chi connectivity index (χ2v) is 6.00. The summed E-state index contributed by atoms with van der Waals surface area (Å²) < 4.78 is 0.555. The van der Waals surface area contributed by atoms with Crippen LogP contribution in [0.1, 0.15) is 39.0 Å². The number of carboxylic acids is 1. The van der Waals surface area contributed by atoms with E-state index in [1.807, 2.05) is 18.2 Å². The van der Waals surface area contributed by atoms with Crippen molar-refractivity contribution in [3.05, 3.63) is 34.4 Å². The second kappa shape index (κ2) is 8.95. The van der Waals surface area contributed by atoms with E-state index in [-0.39, 0.29) is 18.1 Å². The zero-order chi connectivity index (χ0) is 15.8. The summed E-state index contributed by atoms with van der Waals surface area (Å²) in [5, 5.41) is 17.8. The van der Waals surface area contributed by atoms with Crippen LogP contribution in [-0.2, 0) is 9.59 Å². The minimum Gasteiger partial charge on any atom is -0.481 e. The van der Waals surface area contributed by atoms with Gasteiger partial charge in [-0.2, -0.15) is 0 Å². The number of hydrogen-bond acceptors (Lipinski definition) is 3. The van der Waals surface area contributed by atoms with E-state index < -0.39 is 12.1 Å². The summed E-state index contributed by atoms with van der Waals surface area (Å²) in [4.78, 5) is 22.4. The van der Waals surface area contributed by atoms with Crippen molar-refractivity contribution in [3.8, 4) is 0 Å². The van der Waals surface area contributed by atoms with E-state index in [1.165, 1.54) is 0 Å². The number of hydrogen-bond donors (Lipinski definition) is 2. The van der Waals surface area contributed by atoms with Gasteiger partial charge in [0.2, 0.25) is 0 Å². The molecular weight excluding hydrogens is 336 g/mol. The van der Waals surface area contributed by atoms with Gasteiger partial charge in [0.05, 0.1) is 10.6 Å². The van der Waals surface area contributed by atoms with Crippen molar-refractivity contribution in [2.45, 2.75) is 45.1 Å². The molecule has 116 valence electrons. The molecule has 0 bridgehead atoms. The predicted molar refractivity (Wildman–Crippen MR) is 85.1 cm³/mol. The molecule has 21 heavy (non-hydrogen) atoms. The van der Waals surface area contributed by atoms with Crippen LogP contribution in [-0.4, -0.2) is 28.1 Å². The molecule has 0 fully saturated rings. The van der Waals surface area contributed by atoms with Crippen LogP contribution >= 0.6 is 15.9 Å². The monoisotopic (exact) mass is 356 g/mol. The van der Waals surface area contributed by atoms with Crippen molar-refractivity contribution < 1.29 is 19.8 Å². The third-order valence-electron chi connectivity index (χ3n) is 3.22. The Hall–Kier alpha value is -1.20. The fourth-order valence-electron chi connectivity index (χ4n) is 2.14. The Kier molecular flexibility index (Phi) is 7.61. The Bertz CT molecular complexity index is 475. The molecule has 0 radical (unpaired) electrons. The highest BCUT2D eigenvalue weighted by atomic mass is 79.9. The summed E-state index contributed by atoms with van der Waals surface area (Å²) in [7, 11) is 0. The van der Waals surface area contributed by atoms with Crippen LogP contribution < -0.4 is 0 Å². The average Bonchev–Trinajstić information content (AvgIpc) is 2.67. The van der Waals surface area contributed by atoms with Crippen molar-refractivity contribution in [2.24, 2.45) is 5.92 Å². The molecule has 5 heteroatoms. The van der Waals surface area contributed by atoms with Gasteiger partial charge in [0, 0.05) is 17.9 Å². The molecule has 0 saturated heterocycles. The normalized spacial score (nSPS) is 22.0. The lowest BCUT2D eigenvalue weighted by Gasteiger charge is -2.05. The van der Waals surface area contributed by atoms with Gasteiger partial charge in [-0.25, -0.2) is 0 Å². The smallest absolute Gasteiger partial charge is 0.303 e. The first kappa shape index (κ1) is 17.9. The van der Waals surface area contributed by atoms with E-state index in [9.17, 15) is 14.7 Å². The molecule has 0 aliphatic heterocycles. The summed E-state index contributed by atoms with van der Waals surface area (Å²) >= 11 is 3.25. The van der Waals surface area contributed by atoms with E-state index in [4.69, 9.17) is 5.11 Å². The van der Waals surface area contributed by atoms with Gasteiger partial charge in [-0.05, 0) is 42.1 Å². The number of halogens is 1. The Balaban J connectivity index is 2.51. The maximum atomic E-state index is 12.0. The van der Waals surface area contributed by atoms with Gasteiger partial charge in [-0.1, -0.05) is 30.7 Å². The number of ketones is 1. The van der Waals surface area contributed by atoms with Crippen LogP contribution in [0.2, 0.25) is 0 Å². The molecule has 0 heterocycles. The first-order valence-electron chi connectivity index (χ1n) is 7.12. The number of aliphatic hydroxyl groups is 1. The number of allylic oxidation sites excluding steroid dienone is 5. The van der Waals surface area contributed by atoms with E-state index >= 15 is 0 Å². The maximum Gasteiger partial charge on any atom is 0.303 e. The van der Waals surface area contributed by atoms with Gasteiger partial charge < -0.3 is 10.2 Å². The average molecular weight is 357 g/mol. The van der Waals surface area contributed by atoms with Crippen molar-refractivity contribution in [2.75, 3.05) is 0 Å². The maximum absolute atomic E-state index is 12.0. The molecule has 0 saturated carbocycles. The Morgan fingerprint density at radius 2 is 2.14 bits per heavy atom. The van der Waals surface area contributed by atoms with Gasteiger partial charge >= 0.3 is 5.97 Å². The number of aliphatic hydroxyl groups excluding tert-OH is 1. The molecule has 1 aliphatic carbocycles. The first-order valence-corrected chi connectivity index (χ1v) is 7.91. The van der Waals surface area contributed by atoms with Gasteiger partial charge in [-0.3, -0.25) is 9.59 Å². The lowest BCUT2D eigenvalue weighted by molar-refractivity contribution is -0.137. The molecule has 4 nitrogen and oxygen atoms in total. The number of Topliss-reactive ketones (excluding diaryl/α,β-unsaturated/α-hetero) is 1. The largest absolute Gasteiger partial charge is 0.481 e. The summed E-state index contributed by atoms with van der Waals surface area (Å²) in [6.45, 7) is 1.66. The quantitative estimate of drug-likeness (QED) is 0.397. The number of unbranched alkanes of at least 4 members (excludes halogenated alkanes) is 3. The topological polar surface area (TPSA) is 74.6 Å². The number of rotatable bonds is 8. The van der Waals surface area contributed by atoms with Gasteiger partial charge in [0.15, 0.2) is 5.78 Å². The molecular formula is C16H21BrO4. The summed E-state index contributed by atoms with van der Waals surface area (Å²) in [6.07, 6.45) is 10.0. The molecule has 0 aromatic heterocycles. The molecule has 1 aliphatic rings. The molecule has 0 spiro atoms. The van der Waals surface area contributed by atoms with Crippen LogP contribution in [0.5, 0.6) is 0 Å². The minimum absolute atomic E-state index is 0.0132. The number of aliphatic carboxylic acids is 1. The lowest BCUT2D eigenvalue weighted by atomic mass is 9.99. The summed E-state index contributed by atoms with van der Waals surface area (Å²) in [5.74, 6) is -0.878. The predicted octanol–water partition coefficient (Wildman–Crippen LogP) is 3.36. The van der Waals surface area contributed by atoms with Crippen molar-refractivity contribution >= 4 is 27.7 Å². The van der Waals surface area contributed by atoms with Crippen LogP contribution in [0.3, 0.4) is 0 Å². The van der Waals surface area contributed by atoms with E-state index in [2.05, 4.69) is 15.9 Å². The minimum atomic E-state index is -0.768. The standard InChI is InChI=1S/C16H21BrO4/c1-11(18)8-9-12-10-14(17)16(21)13(12)6-4-2-3-5-7-15(19)20/h6,8-12,18H,2-5,7H2,1H3,(H,19,20)/b9-8+,13-6-. The van der Waals surface area contributed by atoms with Crippen LogP contribution in [0, 0.1) is 5.92 Å². The van der Waals surface area contributed by atoms with Crippen molar-refractivity contribution in [1.82, 2.24) is 0 Å². The second-order valence-electron chi connectivity index (χ2n) is 5.15. The number of carbonyl (C=O) groups is 2. The Morgan fingerprint density at radius 3 is 2.76 bits per heavy atom. The Labute approximate surface area is 133 Å². The SMILES string of the molecule is CC(O)/C=C/C1C=C(Br)C(=O)/C1=C\CCCCCC(=O)O. The van der Waals surface area contributed by atoms with E-state index in [0.29, 0.717) is 10.9 Å². The highest BCUT2D eigenvalue weighted by Gasteiger charge is 2.26. The first-order chi connectivity index (χ1) is 9.91. The fraction of sp³-hybridized carbons (Fsp3) is 0.500. The van der Waals surface area contributed by atoms with Crippen LogP contribution in [0.25, 0.3) is 0 Å². The third-order valence-corrected chi connectivity index (χ3v) is 3.84. The zero-order valence-corrected chi connectivity index (χ0v) is 13.7. The molecule has 0 aromatic carbocycles. The molecule has 0 amide bonds. The molecule has 0 aromatic rings. The van der Waals surface area contributed by atoms with Gasteiger partial charge in [0.1, 0.15) is 0 Å². The molecule has 2 N–H and O–H groups in total. The molecule has 1 rings (SSSR count). The zero-order valence-electron chi connectivity index (χ0n) is 12.1. The van der Waals surface area contributed by atoms with E-state index in [1.54, 1.807) is 13.0 Å². The fourth-order valence-corrected chi connectivity index (χ4v) is 2.65. The van der Waals surface area contributed by atoms with Crippen molar-refractivity contribution in [1.29, 1.82) is 0 Å². The highest BCUT2D eigenvalue weighted by Crippen LogP contribution is 2.31. The van der Waals surface area contributed by atoms with Crippen molar-refractivity contribution in [3.63, 3.8) is 0 Å². The lowest BCUT2D eigenvalue weighted by Crippen LogP contribution is -2.03. The summed E-state index contributed by atoms with van der Waals surface area (Å²) in [5.41, 5.74) is 0.719. The third kappa shape index (κ3) is 6.40. The van der Waals surface area contributed by atoms with Crippen LogP contribution in [0.15, 0.2) is 34.4 Å². The number of carbonyl (C=O) groups excluding carboxylic acids is 1. The highest BCUT2D eigenvalue weighted by molar-refractivity contribution is 9.12. The Morgan fingerprint density at radius 1 is 1.43 bits per heavy atom. The summed E-state index contributed by atoms with van der Waals surface area (Å²) in [6, 6.07) is 0. The van der Waals surface area contributed by atoms with Gasteiger partial charge in [0.25, 0.3) is 0 Å². The van der Waals surface area contributed by atoms with Crippen LogP contribution in [0.4, 0.5) is 0 Å².